The van der Waals surface area contributed by atoms with Gasteiger partial charge in [0.15, 0.2) is 5.16 Å². The van der Waals surface area contributed by atoms with E-state index in [-0.39, 0.29) is 11.3 Å². The highest BCUT2D eigenvalue weighted by atomic mass is 32.2. The Morgan fingerprint density at radius 3 is 2.53 bits per heavy atom. The molecule has 34 heavy (non-hydrogen) atoms. The van der Waals surface area contributed by atoms with Crippen molar-refractivity contribution in [2.24, 2.45) is 0 Å². The molecular formula is C25H18F3N3O2S. The third kappa shape index (κ3) is 4.38. The molecule has 0 aliphatic carbocycles. The topological polar surface area (TPSA) is 59.9 Å². The van der Waals surface area contributed by atoms with Gasteiger partial charge in [-0.15, -0.1) is 13.2 Å². The maximum absolute atomic E-state index is 13.6. The van der Waals surface area contributed by atoms with Crippen LogP contribution in [0.5, 0.6) is 5.75 Å². The van der Waals surface area contributed by atoms with Crippen molar-refractivity contribution >= 4 is 33.7 Å². The van der Waals surface area contributed by atoms with Crippen LogP contribution in [0.25, 0.3) is 27.6 Å². The van der Waals surface area contributed by atoms with Crippen LogP contribution < -0.4 is 10.3 Å². The molecule has 0 saturated carbocycles. The Bertz CT molecular complexity index is 1560. The first-order valence-electron chi connectivity index (χ1n) is 10.4. The zero-order valence-corrected chi connectivity index (χ0v) is 18.7. The molecule has 0 spiro atoms. The Balaban J connectivity index is 1.63. The summed E-state index contributed by atoms with van der Waals surface area (Å²) in [6.45, 7) is 2.00. The lowest BCUT2D eigenvalue weighted by Crippen LogP contribution is -2.22. The number of nitrogens with one attached hydrogen (secondary N) is 1. The highest BCUT2D eigenvalue weighted by molar-refractivity contribution is 7.98. The molecule has 0 amide bonds. The van der Waals surface area contributed by atoms with Gasteiger partial charge in [0.05, 0.1) is 5.69 Å². The van der Waals surface area contributed by atoms with E-state index < -0.39 is 6.36 Å². The number of hydrogen-bond donors (Lipinski definition) is 1. The minimum absolute atomic E-state index is 0.330. The van der Waals surface area contributed by atoms with Crippen molar-refractivity contribution in [3.05, 3.63) is 94.3 Å². The number of alkyl halides is 3. The summed E-state index contributed by atoms with van der Waals surface area (Å²) in [5.41, 5.74) is 3.91. The van der Waals surface area contributed by atoms with Gasteiger partial charge in [-0.05, 0) is 42.8 Å². The number of aromatic nitrogens is 3. The molecule has 3 aromatic carbocycles. The van der Waals surface area contributed by atoms with Gasteiger partial charge < -0.3 is 9.72 Å². The van der Waals surface area contributed by atoms with Gasteiger partial charge in [-0.2, -0.15) is 0 Å². The fourth-order valence-electron chi connectivity index (χ4n) is 3.81. The van der Waals surface area contributed by atoms with Gasteiger partial charge in [-0.3, -0.25) is 9.36 Å². The molecule has 5 nitrogen and oxygen atoms in total. The average molecular weight is 481 g/mol. The van der Waals surface area contributed by atoms with Gasteiger partial charge in [-0.25, -0.2) is 4.98 Å². The van der Waals surface area contributed by atoms with Crippen LogP contribution in [-0.2, 0) is 5.75 Å². The van der Waals surface area contributed by atoms with Crippen molar-refractivity contribution in [1.82, 2.24) is 14.5 Å². The summed E-state index contributed by atoms with van der Waals surface area (Å²) in [7, 11) is 0. The molecule has 9 heteroatoms. The van der Waals surface area contributed by atoms with Gasteiger partial charge in [0.25, 0.3) is 5.56 Å². The molecule has 2 heterocycles. The number of para-hydroxylation sites is 1. The van der Waals surface area contributed by atoms with Gasteiger partial charge in [0.1, 0.15) is 16.8 Å². The van der Waals surface area contributed by atoms with Crippen molar-refractivity contribution in [3.8, 4) is 11.4 Å². The molecule has 5 rings (SSSR count). The molecule has 2 aromatic heterocycles. The van der Waals surface area contributed by atoms with Crippen LogP contribution in [0.1, 0.15) is 11.1 Å². The third-order valence-corrected chi connectivity index (χ3v) is 6.28. The summed E-state index contributed by atoms with van der Waals surface area (Å²) in [5.74, 6) is 0.204. The Morgan fingerprint density at radius 2 is 1.79 bits per heavy atom. The summed E-state index contributed by atoms with van der Waals surface area (Å²) in [6.07, 6.45) is -4.79. The minimum Gasteiger partial charge on any atom is -0.406 e. The molecule has 0 radical (unpaired) electrons. The van der Waals surface area contributed by atoms with E-state index in [0.29, 0.717) is 27.6 Å². The number of benzene rings is 3. The predicted octanol–water partition coefficient (Wildman–Crippen LogP) is 6.37. The Morgan fingerprint density at radius 1 is 1.03 bits per heavy atom. The number of nitrogens with zero attached hydrogens (tertiary/aromatic N) is 2. The molecule has 1 N–H and O–H groups in total. The zero-order chi connectivity index (χ0) is 23.9. The number of ether oxygens (including phenoxy) is 1. The first kappa shape index (κ1) is 22.1. The monoisotopic (exact) mass is 481 g/mol. The van der Waals surface area contributed by atoms with Crippen LogP contribution in [-0.4, -0.2) is 20.9 Å². The number of aryl methyl sites for hydroxylation is 1. The third-order valence-electron chi connectivity index (χ3n) is 5.27. The van der Waals surface area contributed by atoms with Gasteiger partial charge in [0, 0.05) is 16.7 Å². The molecule has 0 aliphatic rings. The second kappa shape index (κ2) is 8.57. The largest absolute Gasteiger partial charge is 0.573 e. The maximum atomic E-state index is 13.6. The van der Waals surface area contributed by atoms with Gasteiger partial charge >= 0.3 is 6.36 Å². The summed E-state index contributed by atoms with van der Waals surface area (Å²) in [4.78, 5) is 21.5. The second-order valence-corrected chi connectivity index (χ2v) is 8.69. The van der Waals surface area contributed by atoms with Crippen LogP contribution in [0.4, 0.5) is 13.2 Å². The van der Waals surface area contributed by atoms with Crippen LogP contribution in [0, 0.1) is 6.92 Å². The first-order valence-corrected chi connectivity index (χ1v) is 11.3. The predicted molar refractivity (Wildman–Crippen MR) is 127 cm³/mol. The summed E-state index contributed by atoms with van der Waals surface area (Å²) >= 11 is 1.39. The highest BCUT2D eigenvalue weighted by Crippen LogP contribution is 2.29. The van der Waals surface area contributed by atoms with Crippen molar-refractivity contribution < 1.29 is 17.9 Å². The molecule has 0 bridgehead atoms. The number of thioether (sulfide) groups is 1. The number of H-pyrrole nitrogens is 1. The Hall–Kier alpha value is -3.72. The normalized spacial score (nSPS) is 11.9. The SMILES string of the molecule is Cc1cccc(CSc2nc3c([nH]c4ccccc43)c(=O)n2-c2ccc(OC(F)(F)F)cc2)c1. The van der Waals surface area contributed by atoms with Crippen LogP contribution in [0.15, 0.2) is 82.7 Å². The van der Waals surface area contributed by atoms with E-state index in [9.17, 15) is 18.0 Å². The summed E-state index contributed by atoms with van der Waals surface area (Å²) in [5, 5.41) is 1.27. The smallest absolute Gasteiger partial charge is 0.406 e. The maximum Gasteiger partial charge on any atom is 0.573 e. The van der Waals surface area contributed by atoms with Crippen molar-refractivity contribution in [1.29, 1.82) is 0 Å². The van der Waals surface area contributed by atoms with Gasteiger partial charge in [-0.1, -0.05) is 59.8 Å². The van der Waals surface area contributed by atoms with Crippen LogP contribution in [0.2, 0.25) is 0 Å². The molecule has 0 aliphatic heterocycles. The van der Waals surface area contributed by atoms with E-state index in [1.54, 1.807) is 0 Å². The van der Waals surface area contributed by atoms with E-state index in [2.05, 4.69) is 15.8 Å². The first-order chi connectivity index (χ1) is 16.3. The molecule has 0 unspecified atom stereocenters. The molecule has 0 atom stereocenters. The molecule has 172 valence electrons. The van der Waals surface area contributed by atoms with Crippen molar-refractivity contribution in [3.63, 3.8) is 0 Å². The Kier molecular flexibility index (Phi) is 5.57. The van der Waals surface area contributed by atoms with E-state index in [4.69, 9.17) is 4.98 Å². The van der Waals surface area contributed by atoms with Crippen LogP contribution in [0.3, 0.4) is 0 Å². The second-order valence-electron chi connectivity index (χ2n) is 7.75. The lowest BCUT2D eigenvalue weighted by molar-refractivity contribution is -0.274. The average Bonchev–Trinajstić information content (AvgIpc) is 3.17. The number of fused-ring (bicyclic) bond motifs is 3. The van der Waals surface area contributed by atoms with E-state index in [0.717, 1.165) is 22.0 Å². The summed E-state index contributed by atoms with van der Waals surface area (Å²) in [6, 6.07) is 20.7. The highest BCUT2D eigenvalue weighted by Gasteiger charge is 2.31. The zero-order valence-electron chi connectivity index (χ0n) is 17.9. The molecule has 0 saturated heterocycles. The lowest BCUT2D eigenvalue weighted by atomic mass is 10.2. The van der Waals surface area contributed by atoms with E-state index >= 15 is 0 Å². The lowest BCUT2D eigenvalue weighted by Gasteiger charge is -2.14. The number of aromatic amines is 1. The van der Waals surface area contributed by atoms with Crippen LogP contribution >= 0.6 is 11.8 Å². The Labute approximate surface area is 196 Å². The standard InChI is InChI=1S/C25H18F3N3O2S/c1-15-5-4-6-16(13-15)14-34-24-30-21-19-7-2-3-8-20(19)29-22(21)23(32)31(24)17-9-11-18(12-10-17)33-25(26,27)28/h2-13,29H,14H2,1H3. The number of hydrogen-bond acceptors (Lipinski definition) is 4. The van der Waals surface area contributed by atoms with Crippen molar-refractivity contribution in [2.75, 3.05) is 0 Å². The van der Waals surface area contributed by atoms with Crippen molar-refractivity contribution in [2.45, 2.75) is 24.2 Å². The summed E-state index contributed by atoms with van der Waals surface area (Å²) < 4.78 is 43.1. The quantitative estimate of drug-likeness (QED) is 0.234. The van der Waals surface area contributed by atoms with E-state index in [1.165, 1.54) is 40.6 Å². The van der Waals surface area contributed by atoms with Gasteiger partial charge in [0.2, 0.25) is 0 Å². The fraction of sp³-hybridized carbons (Fsp3) is 0.120. The minimum atomic E-state index is -4.79. The molecule has 0 fully saturated rings. The van der Waals surface area contributed by atoms with E-state index in [1.807, 2.05) is 49.4 Å². The molecule has 5 aromatic rings. The number of rotatable bonds is 5. The fourth-order valence-corrected chi connectivity index (χ4v) is 4.76. The molecular weight excluding hydrogens is 463 g/mol. The number of halogens is 3.